The lowest BCUT2D eigenvalue weighted by Gasteiger charge is -2.20. The zero-order valence-corrected chi connectivity index (χ0v) is 8.79. The summed E-state index contributed by atoms with van der Waals surface area (Å²) in [6, 6.07) is 0.683. The molecule has 13 heavy (non-hydrogen) atoms. The van der Waals surface area contributed by atoms with Crippen LogP contribution in [0.1, 0.15) is 20.3 Å². The van der Waals surface area contributed by atoms with Gasteiger partial charge < -0.3 is 15.3 Å². The average molecular weight is 186 g/mol. The molecule has 1 fully saturated rings. The van der Waals surface area contributed by atoms with Crippen molar-refractivity contribution >= 4 is 0 Å². The Morgan fingerprint density at radius 2 is 2.31 bits per heavy atom. The molecule has 0 aromatic heterocycles. The zero-order valence-electron chi connectivity index (χ0n) is 8.79. The van der Waals surface area contributed by atoms with Crippen LogP contribution in [0.15, 0.2) is 0 Å². The molecule has 0 spiro atoms. The molecule has 0 aliphatic carbocycles. The third-order valence-corrected chi connectivity index (χ3v) is 2.77. The smallest absolute Gasteiger partial charge is 0.0555 e. The first-order valence-corrected chi connectivity index (χ1v) is 5.29. The lowest BCUT2D eigenvalue weighted by atomic mass is 10.1. The van der Waals surface area contributed by atoms with E-state index in [2.05, 4.69) is 24.1 Å². The average Bonchev–Trinajstić information content (AvgIpc) is 2.53. The van der Waals surface area contributed by atoms with Gasteiger partial charge in [0, 0.05) is 19.1 Å². The molecular weight excluding hydrogens is 164 g/mol. The van der Waals surface area contributed by atoms with E-state index in [0.29, 0.717) is 6.04 Å². The van der Waals surface area contributed by atoms with Gasteiger partial charge in [0.05, 0.1) is 6.61 Å². The lowest BCUT2D eigenvalue weighted by Crippen LogP contribution is -2.31. The first kappa shape index (κ1) is 11.0. The maximum Gasteiger partial charge on any atom is 0.0555 e. The Balaban J connectivity index is 2.10. The number of aliphatic hydroxyl groups excluding tert-OH is 1. The van der Waals surface area contributed by atoms with Crippen LogP contribution in [0.4, 0.5) is 0 Å². The van der Waals surface area contributed by atoms with E-state index < -0.39 is 0 Å². The second kappa shape index (κ2) is 5.58. The second-order valence-electron chi connectivity index (χ2n) is 4.17. The Labute approximate surface area is 81.1 Å². The van der Waals surface area contributed by atoms with Crippen LogP contribution in [0, 0.1) is 5.92 Å². The Kier molecular flexibility index (Phi) is 4.70. The molecule has 0 aromatic carbocycles. The zero-order chi connectivity index (χ0) is 9.68. The molecule has 0 amide bonds. The van der Waals surface area contributed by atoms with Gasteiger partial charge in [-0.1, -0.05) is 0 Å². The van der Waals surface area contributed by atoms with Crippen molar-refractivity contribution in [3.63, 3.8) is 0 Å². The summed E-state index contributed by atoms with van der Waals surface area (Å²) >= 11 is 0. The molecule has 1 aliphatic rings. The lowest BCUT2D eigenvalue weighted by molar-refractivity contribution is 0.260. The fraction of sp³-hybridized carbons (Fsp3) is 1.00. The third-order valence-electron chi connectivity index (χ3n) is 2.77. The fourth-order valence-electron chi connectivity index (χ4n) is 1.88. The molecule has 0 aromatic rings. The quantitative estimate of drug-likeness (QED) is 0.606. The Bertz CT molecular complexity index is 139. The van der Waals surface area contributed by atoms with Gasteiger partial charge in [0.15, 0.2) is 0 Å². The van der Waals surface area contributed by atoms with Crippen LogP contribution in [0.25, 0.3) is 0 Å². The minimum Gasteiger partial charge on any atom is -0.395 e. The summed E-state index contributed by atoms with van der Waals surface area (Å²) in [6.07, 6.45) is 1.30. The van der Waals surface area contributed by atoms with Gasteiger partial charge in [-0.3, -0.25) is 0 Å². The second-order valence-corrected chi connectivity index (χ2v) is 4.17. The van der Waals surface area contributed by atoms with Gasteiger partial charge in [0.2, 0.25) is 0 Å². The van der Waals surface area contributed by atoms with Crippen LogP contribution in [0.3, 0.4) is 0 Å². The highest BCUT2D eigenvalue weighted by Crippen LogP contribution is 2.17. The number of hydrogen-bond donors (Lipinski definition) is 2. The molecule has 0 radical (unpaired) electrons. The van der Waals surface area contributed by atoms with Gasteiger partial charge >= 0.3 is 0 Å². The number of likely N-dealkylation sites (tertiary alicyclic amines) is 1. The maximum absolute atomic E-state index is 8.61. The largest absolute Gasteiger partial charge is 0.395 e. The van der Waals surface area contributed by atoms with E-state index in [0.717, 1.165) is 19.0 Å². The summed E-state index contributed by atoms with van der Waals surface area (Å²) in [5.41, 5.74) is 0. The Morgan fingerprint density at radius 3 is 2.85 bits per heavy atom. The van der Waals surface area contributed by atoms with E-state index in [9.17, 15) is 0 Å². The normalized spacial score (nSPS) is 24.5. The SMILES string of the molecule is CC(C)N1CCC(CNCCO)C1. The molecule has 1 saturated heterocycles. The van der Waals surface area contributed by atoms with E-state index in [1.54, 1.807) is 0 Å². The van der Waals surface area contributed by atoms with Crippen LogP contribution < -0.4 is 5.32 Å². The predicted molar refractivity (Wildman–Crippen MR) is 54.8 cm³/mol. The molecule has 0 bridgehead atoms. The van der Waals surface area contributed by atoms with E-state index >= 15 is 0 Å². The van der Waals surface area contributed by atoms with Crippen molar-refractivity contribution in [2.45, 2.75) is 26.3 Å². The molecule has 1 atom stereocenters. The summed E-state index contributed by atoms with van der Waals surface area (Å²) < 4.78 is 0. The summed E-state index contributed by atoms with van der Waals surface area (Å²) in [5, 5.41) is 11.9. The number of nitrogens with one attached hydrogen (secondary N) is 1. The van der Waals surface area contributed by atoms with E-state index in [-0.39, 0.29) is 6.61 Å². The molecule has 0 saturated carbocycles. The Hall–Kier alpha value is -0.120. The van der Waals surface area contributed by atoms with Gasteiger partial charge in [-0.15, -0.1) is 0 Å². The summed E-state index contributed by atoms with van der Waals surface area (Å²) in [4.78, 5) is 2.52. The van der Waals surface area contributed by atoms with Gasteiger partial charge in [0.25, 0.3) is 0 Å². The summed E-state index contributed by atoms with van der Waals surface area (Å²) in [5.74, 6) is 0.786. The van der Waals surface area contributed by atoms with E-state index in [1.807, 2.05) is 0 Å². The van der Waals surface area contributed by atoms with Crippen molar-refractivity contribution in [3.8, 4) is 0 Å². The van der Waals surface area contributed by atoms with Crippen molar-refractivity contribution < 1.29 is 5.11 Å². The topological polar surface area (TPSA) is 35.5 Å². The maximum atomic E-state index is 8.61. The molecule has 1 aliphatic heterocycles. The molecule has 78 valence electrons. The molecule has 1 unspecified atom stereocenters. The first-order valence-electron chi connectivity index (χ1n) is 5.29. The van der Waals surface area contributed by atoms with Crippen LogP contribution >= 0.6 is 0 Å². The van der Waals surface area contributed by atoms with Crippen molar-refractivity contribution in [1.82, 2.24) is 10.2 Å². The van der Waals surface area contributed by atoms with Crippen LogP contribution in [-0.4, -0.2) is 48.8 Å². The molecule has 3 heteroatoms. The molecule has 3 nitrogen and oxygen atoms in total. The highest BCUT2D eigenvalue weighted by molar-refractivity contribution is 4.78. The highest BCUT2D eigenvalue weighted by Gasteiger charge is 2.23. The van der Waals surface area contributed by atoms with Gasteiger partial charge in [-0.25, -0.2) is 0 Å². The van der Waals surface area contributed by atoms with Crippen molar-refractivity contribution in [2.24, 2.45) is 5.92 Å². The van der Waals surface area contributed by atoms with Crippen molar-refractivity contribution in [2.75, 3.05) is 32.8 Å². The van der Waals surface area contributed by atoms with Gasteiger partial charge in [-0.2, -0.15) is 0 Å². The summed E-state index contributed by atoms with van der Waals surface area (Å²) in [6.45, 7) is 9.01. The molecule has 1 rings (SSSR count). The van der Waals surface area contributed by atoms with Gasteiger partial charge in [0.1, 0.15) is 0 Å². The van der Waals surface area contributed by atoms with E-state index in [1.165, 1.54) is 19.5 Å². The standard InChI is InChI=1S/C10H22N2O/c1-9(2)12-5-3-10(8-12)7-11-4-6-13/h9-11,13H,3-8H2,1-2H3. The number of nitrogens with zero attached hydrogens (tertiary/aromatic N) is 1. The van der Waals surface area contributed by atoms with E-state index in [4.69, 9.17) is 5.11 Å². The predicted octanol–water partition coefficient (Wildman–Crippen LogP) is 0.299. The monoisotopic (exact) mass is 186 g/mol. The Morgan fingerprint density at radius 1 is 1.54 bits per heavy atom. The summed E-state index contributed by atoms with van der Waals surface area (Å²) in [7, 11) is 0. The highest BCUT2D eigenvalue weighted by atomic mass is 16.3. The molecule has 1 heterocycles. The van der Waals surface area contributed by atoms with Crippen molar-refractivity contribution in [3.05, 3.63) is 0 Å². The number of aliphatic hydroxyl groups is 1. The van der Waals surface area contributed by atoms with Gasteiger partial charge in [-0.05, 0) is 39.3 Å². The van der Waals surface area contributed by atoms with Crippen molar-refractivity contribution in [1.29, 1.82) is 0 Å². The third kappa shape index (κ3) is 3.63. The fourth-order valence-corrected chi connectivity index (χ4v) is 1.88. The molecule has 2 N–H and O–H groups in total. The van der Waals surface area contributed by atoms with Crippen LogP contribution in [0.2, 0.25) is 0 Å². The van der Waals surface area contributed by atoms with Crippen LogP contribution in [0.5, 0.6) is 0 Å². The number of hydrogen-bond acceptors (Lipinski definition) is 3. The minimum absolute atomic E-state index is 0.251. The van der Waals surface area contributed by atoms with Crippen LogP contribution in [-0.2, 0) is 0 Å². The minimum atomic E-state index is 0.251. The molecular formula is C10H22N2O. The number of rotatable bonds is 5. The first-order chi connectivity index (χ1) is 6.24.